The van der Waals surface area contributed by atoms with Crippen LogP contribution >= 0.6 is 0 Å². The number of rotatable bonds is 0. The lowest BCUT2D eigenvalue weighted by atomic mass is 9.85. The van der Waals surface area contributed by atoms with Gasteiger partial charge in [0.1, 0.15) is 11.4 Å². The number of ketones is 1. The minimum Gasteiger partial charge on any atom is -0.392 e. The highest BCUT2D eigenvalue weighted by Gasteiger charge is 2.47. The third-order valence-electron chi connectivity index (χ3n) is 5.14. The summed E-state index contributed by atoms with van der Waals surface area (Å²) < 4.78 is 0. The number of hydrogen-bond acceptors (Lipinski definition) is 3. The molecule has 3 fully saturated rings. The maximum absolute atomic E-state index is 11.4. The van der Waals surface area contributed by atoms with Gasteiger partial charge in [0, 0.05) is 18.8 Å². The summed E-state index contributed by atoms with van der Waals surface area (Å²) in [6.07, 6.45) is 6.26. The summed E-state index contributed by atoms with van der Waals surface area (Å²) in [6, 6.07) is 0. The van der Waals surface area contributed by atoms with Crippen LogP contribution in [0, 0.1) is 29.6 Å². The van der Waals surface area contributed by atoms with Crippen molar-refractivity contribution in [2.45, 2.75) is 63.1 Å². The van der Waals surface area contributed by atoms with Crippen LogP contribution in [-0.2, 0) is 4.79 Å². The third-order valence-corrected chi connectivity index (χ3v) is 5.14. The second kappa shape index (κ2) is 4.92. The normalized spacial score (nSPS) is 40.6. The number of hydrogen-bond donors (Lipinski definition) is 2. The van der Waals surface area contributed by atoms with E-state index in [1.807, 2.05) is 0 Å². The standard InChI is InChI=1S/C16H22O3/c17-13-9-12-8-11(15(18)14(12)10-13)4-7-16(19)5-2-1-3-6-16/h11-12,14-15,18-19H,1-3,5-6,8-10H2/t11-,12+,14-,15+/m0/s1. The summed E-state index contributed by atoms with van der Waals surface area (Å²) in [5.41, 5.74) is -0.828. The Labute approximate surface area is 114 Å². The van der Waals surface area contributed by atoms with Crippen LogP contribution in [0.25, 0.3) is 0 Å². The van der Waals surface area contributed by atoms with E-state index in [-0.39, 0.29) is 17.6 Å². The van der Waals surface area contributed by atoms with Gasteiger partial charge in [-0.25, -0.2) is 0 Å². The minimum absolute atomic E-state index is 0.0472. The molecule has 3 nitrogen and oxygen atoms in total. The molecule has 0 spiro atoms. The van der Waals surface area contributed by atoms with Gasteiger partial charge in [-0.2, -0.15) is 0 Å². The second-order valence-corrected chi connectivity index (χ2v) is 6.57. The van der Waals surface area contributed by atoms with Crippen LogP contribution in [0.2, 0.25) is 0 Å². The van der Waals surface area contributed by atoms with Crippen molar-refractivity contribution in [3.05, 3.63) is 0 Å². The highest BCUT2D eigenvalue weighted by atomic mass is 16.3. The Kier molecular flexibility index (Phi) is 3.41. The lowest BCUT2D eigenvalue weighted by molar-refractivity contribution is -0.118. The Morgan fingerprint density at radius 1 is 1.16 bits per heavy atom. The van der Waals surface area contributed by atoms with Gasteiger partial charge >= 0.3 is 0 Å². The molecular formula is C16H22O3. The molecule has 0 saturated heterocycles. The van der Waals surface area contributed by atoms with E-state index in [0.717, 1.165) is 32.1 Å². The molecular weight excluding hydrogens is 240 g/mol. The van der Waals surface area contributed by atoms with Crippen molar-refractivity contribution < 1.29 is 15.0 Å². The second-order valence-electron chi connectivity index (χ2n) is 6.57. The SMILES string of the molecule is O=C1C[C@H]2C[C@H](C#CC3(O)CCCCC3)[C@@H](O)[C@H]2C1. The number of Topliss-reactive ketones (excluding diaryl/α,β-unsaturated/α-hetero) is 1. The van der Waals surface area contributed by atoms with Crippen LogP contribution in [0.1, 0.15) is 51.4 Å². The van der Waals surface area contributed by atoms with Crippen molar-refractivity contribution >= 4 is 5.78 Å². The Hall–Kier alpha value is -0.850. The smallest absolute Gasteiger partial charge is 0.133 e. The Morgan fingerprint density at radius 3 is 2.58 bits per heavy atom. The Morgan fingerprint density at radius 2 is 1.89 bits per heavy atom. The molecule has 19 heavy (non-hydrogen) atoms. The first kappa shape index (κ1) is 13.1. The van der Waals surface area contributed by atoms with E-state index in [4.69, 9.17) is 0 Å². The molecule has 3 aliphatic carbocycles. The number of aliphatic hydroxyl groups is 2. The zero-order valence-corrected chi connectivity index (χ0v) is 11.3. The molecule has 104 valence electrons. The summed E-state index contributed by atoms with van der Waals surface area (Å²) >= 11 is 0. The molecule has 0 heterocycles. The van der Waals surface area contributed by atoms with Crippen molar-refractivity contribution in [3.63, 3.8) is 0 Å². The topological polar surface area (TPSA) is 57.5 Å². The maximum Gasteiger partial charge on any atom is 0.133 e. The van der Waals surface area contributed by atoms with Gasteiger partial charge in [-0.3, -0.25) is 4.79 Å². The predicted octanol–water partition coefficient (Wildman–Crippen LogP) is 1.66. The Bertz CT molecular complexity index is 425. The zero-order valence-electron chi connectivity index (χ0n) is 11.3. The van der Waals surface area contributed by atoms with Gasteiger partial charge in [0.15, 0.2) is 0 Å². The first-order chi connectivity index (χ1) is 9.07. The molecule has 0 aliphatic heterocycles. The third kappa shape index (κ3) is 2.57. The van der Waals surface area contributed by atoms with E-state index in [1.165, 1.54) is 6.42 Å². The molecule has 4 atom stereocenters. The van der Waals surface area contributed by atoms with Gasteiger partial charge in [0.05, 0.1) is 6.10 Å². The molecule has 0 aromatic carbocycles. The van der Waals surface area contributed by atoms with Gasteiger partial charge in [0.2, 0.25) is 0 Å². The van der Waals surface area contributed by atoms with Crippen LogP contribution in [0.5, 0.6) is 0 Å². The highest BCUT2D eigenvalue weighted by molar-refractivity contribution is 5.81. The lowest BCUT2D eigenvalue weighted by Gasteiger charge is -2.26. The van der Waals surface area contributed by atoms with Gasteiger partial charge in [0.25, 0.3) is 0 Å². The fourth-order valence-electron chi connectivity index (χ4n) is 4.01. The first-order valence-corrected chi connectivity index (χ1v) is 7.52. The van der Waals surface area contributed by atoms with Crippen molar-refractivity contribution in [2.75, 3.05) is 0 Å². The minimum atomic E-state index is -0.828. The molecule has 3 aliphatic rings. The molecule has 0 amide bonds. The maximum atomic E-state index is 11.4. The number of aliphatic hydroxyl groups excluding tert-OH is 1. The average molecular weight is 262 g/mol. The molecule has 3 saturated carbocycles. The van der Waals surface area contributed by atoms with Crippen LogP contribution in [0.4, 0.5) is 0 Å². The highest BCUT2D eigenvalue weighted by Crippen LogP contribution is 2.45. The van der Waals surface area contributed by atoms with Crippen molar-refractivity contribution in [1.82, 2.24) is 0 Å². The quantitative estimate of drug-likeness (QED) is 0.653. The molecule has 0 unspecified atom stereocenters. The van der Waals surface area contributed by atoms with E-state index in [1.54, 1.807) is 0 Å². The van der Waals surface area contributed by atoms with Crippen LogP contribution in [0.3, 0.4) is 0 Å². The molecule has 0 radical (unpaired) electrons. The summed E-state index contributed by atoms with van der Waals surface area (Å²) in [5.74, 6) is 6.83. The number of carbonyl (C=O) groups excluding carboxylic acids is 1. The monoisotopic (exact) mass is 262 g/mol. The largest absolute Gasteiger partial charge is 0.392 e. The zero-order chi connectivity index (χ0) is 13.5. The fraction of sp³-hybridized carbons (Fsp3) is 0.812. The van der Waals surface area contributed by atoms with E-state index in [9.17, 15) is 15.0 Å². The van der Waals surface area contributed by atoms with Crippen LogP contribution in [0.15, 0.2) is 0 Å². The lowest BCUT2D eigenvalue weighted by Crippen LogP contribution is -2.30. The van der Waals surface area contributed by atoms with E-state index < -0.39 is 11.7 Å². The number of fused-ring (bicyclic) bond motifs is 1. The van der Waals surface area contributed by atoms with Gasteiger partial charge in [-0.05, 0) is 43.9 Å². The van der Waals surface area contributed by atoms with E-state index >= 15 is 0 Å². The molecule has 0 bridgehead atoms. The van der Waals surface area contributed by atoms with Crippen LogP contribution in [-0.4, -0.2) is 27.7 Å². The molecule has 3 heteroatoms. The predicted molar refractivity (Wildman–Crippen MR) is 71.1 cm³/mol. The molecule has 2 N–H and O–H groups in total. The van der Waals surface area contributed by atoms with Gasteiger partial charge in [-0.1, -0.05) is 18.3 Å². The molecule has 0 aromatic rings. The van der Waals surface area contributed by atoms with Crippen molar-refractivity contribution in [3.8, 4) is 11.8 Å². The average Bonchev–Trinajstić information content (AvgIpc) is 2.87. The van der Waals surface area contributed by atoms with E-state index in [2.05, 4.69) is 11.8 Å². The van der Waals surface area contributed by atoms with Gasteiger partial charge < -0.3 is 10.2 Å². The van der Waals surface area contributed by atoms with Gasteiger partial charge in [-0.15, -0.1) is 0 Å². The van der Waals surface area contributed by atoms with E-state index in [0.29, 0.717) is 18.8 Å². The molecule has 0 aromatic heterocycles. The fourth-order valence-corrected chi connectivity index (χ4v) is 4.01. The molecule has 3 rings (SSSR count). The van der Waals surface area contributed by atoms with Crippen LogP contribution < -0.4 is 0 Å². The summed E-state index contributed by atoms with van der Waals surface area (Å²) in [5, 5.41) is 20.6. The summed E-state index contributed by atoms with van der Waals surface area (Å²) in [6.45, 7) is 0. The first-order valence-electron chi connectivity index (χ1n) is 7.52. The summed E-state index contributed by atoms with van der Waals surface area (Å²) in [7, 11) is 0. The summed E-state index contributed by atoms with van der Waals surface area (Å²) in [4.78, 5) is 11.4. The van der Waals surface area contributed by atoms with Crippen molar-refractivity contribution in [1.29, 1.82) is 0 Å². The Balaban J connectivity index is 1.67. The van der Waals surface area contributed by atoms with Crippen molar-refractivity contribution in [2.24, 2.45) is 17.8 Å². The number of carbonyl (C=O) groups is 1.